The summed E-state index contributed by atoms with van der Waals surface area (Å²) in [5, 5.41) is 12.5. The third-order valence-electron chi connectivity index (χ3n) is 2.44. The van der Waals surface area contributed by atoms with E-state index < -0.39 is 5.82 Å². The second kappa shape index (κ2) is 5.35. The van der Waals surface area contributed by atoms with Crippen LogP contribution in [0.25, 0.3) is 0 Å². The Hall–Kier alpha value is -1.62. The van der Waals surface area contributed by atoms with Crippen LogP contribution in [0, 0.1) is 11.6 Å². The molecule has 0 amide bonds. The summed E-state index contributed by atoms with van der Waals surface area (Å²) in [7, 11) is 0. The predicted molar refractivity (Wildman–Crippen MR) is 69.5 cm³/mol. The number of benzene rings is 2. The van der Waals surface area contributed by atoms with Gasteiger partial charge in [0.05, 0.1) is 5.69 Å². The van der Waals surface area contributed by atoms with E-state index in [2.05, 4.69) is 21.2 Å². The molecule has 0 aromatic heterocycles. The summed E-state index contributed by atoms with van der Waals surface area (Å²) >= 11 is 3.27. The second-order valence-electron chi connectivity index (χ2n) is 3.75. The summed E-state index contributed by atoms with van der Waals surface area (Å²) < 4.78 is 26.7. The van der Waals surface area contributed by atoms with Gasteiger partial charge in [-0.3, -0.25) is 0 Å². The SMILES string of the molecule is Oc1ccc(F)cc1CNc1cc(F)ccc1Br. The van der Waals surface area contributed by atoms with Crippen LogP contribution in [0.3, 0.4) is 0 Å². The van der Waals surface area contributed by atoms with Crippen molar-refractivity contribution in [1.82, 2.24) is 0 Å². The van der Waals surface area contributed by atoms with E-state index in [-0.39, 0.29) is 18.1 Å². The van der Waals surface area contributed by atoms with Gasteiger partial charge in [0.1, 0.15) is 17.4 Å². The van der Waals surface area contributed by atoms with Crippen LogP contribution in [-0.2, 0) is 6.54 Å². The topological polar surface area (TPSA) is 32.3 Å². The maximum absolute atomic E-state index is 13.0. The first-order chi connectivity index (χ1) is 8.56. The number of hydrogen-bond donors (Lipinski definition) is 2. The van der Waals surface area contributed by atoms with E-state index in [0.29, 0.717) is 15.7 Å². The molecule has 2 rings (SSSR count). The van der Waals surface area contributed by atoms with E-state index in [9.17, 15) is 13.9 Å². The van der Waals surface area contributed by atoms with Gasteiger partial charge in [-0.1, -0.05) is 0 Å². The smallest absolute Gasteiger partial charge is 0.125 e. The van der Waals surface area contributed by atoms with Crippen molar-refractivity contribution in [2.75, 3.05) is 5.32 Å². The van der Waals surface area contributed by atoms with Gasteiger partial charge in [-0.2, -0.15) is 0 Å². The van der Waals surface area contributed by atoms with Crippen LogP contribution in [-0.4, -0.2) is 5.11 Å². The van der Waals surface area contributed by atoms with Crippen LogP contribution >= 0.6 is 15.9 Å². The van der Waals surface area contributed by atoms with Gasteiger partial charge in [0.15, 0.2) is 0 Å². The Labute approximate surface area is 111 Å². The maximum Gasteiger partial charge on any atom is 0.125 e. The van der Waals surface area contributed by atoms with Gasteiger partial charge in [-0.25, -0.2) is 8.78 Å². The first kappa shape index (κ1) is 12.8. The van der Waals surface area contributed by atoms with Gasteiger partial charge in [-0.15, -0.1) is 0 Å². The Kier molecular flexibility index (Phi) is 3.81. The van der Waals surface area contributed by atoms with Crippen LogP contribution < -0.4 is 5.32 Å². The number of rotatable bonds is 3. The van der Waals surface area contributed by atoms with Crippen molar-refractivity contribution in [3.8, 4) is 5.75 Å². The molecule has 0 fully saturated rings. The normalized spacial score (nSPS) is 10.4. The Morgan fingerprint density at radius 1 is 1.06 bits per heavy atom. The molecular formula is C13H10BrF2NO. The molecule has 0 aliphatic carbocycles. The number of nitrogens with one attached hydrogen (secondary N) is 1. The lowest BCUT2D eigenvalue weighted by Gasteiger charge is -2.10. The predicted octanol–water partition coefficient (Wildman–Crippen LogP) is 4.05. The third kappa shape index (κ3) is 2.98. The van der Waals surface area contributed by atoms with Gasteiger partial charge >= 0.3 is 0 Å². The molecule has 2 aromatic rings. The van der Waals surface area contributed by atoms with Crippen LogP contribution in [0.1, 0.15) is 5.56 Å². The number of halogens is 3. The molecule has 0 atom stereocenters. The van der Waals surface area contributed by atoms with E-state index in [1.807, 2.05) is 0 Å². The summed E-state index contributed by atoms with van der Waals surface area (Å²) in [6.45, 7) is 0.200. The molecule has 2 N–H and O–H groups in total. The van der Waals surface area contributed by atoms with E-state index >= 15 is 0 Å². The quantitative estimate of drug-likeness (QED) is 0.896. The largest absolute Gasteiger partial charge is 0.508 e. The molecule has 0 saturated heterocycles. The lowest BCUT2D eigenvalue weighted by molar-refractivity contribution is 0.466. The molecule has 0 bridgehead atoms. The van der Waals surface area contributed by atoms with Crippen molar-refractivity contribution in [1.29, 1.82) is 0 Å². The first-order valence-corrected chi connectivity index (χ1v) is 6.02. The molecule has 0 unspecified atom stereocenters. The summed E-state index contributed by atoms with van der Waals surface area (Å²) in [5.41, 5.74) is 0.949. The molecule has 0 heterocycles. The highest BCUT2D eigenvalue weighted by atomic mass is 79.9. The highest BCUT2D eigenvalue weighted by Crippen LogP contribution is 2.25. The number of phenols is 1. The Morgan fingerprint density at radius 2 is 1.72 bits per heavy atom. The zero-order chi connectivity index (χ0) is 13.1. The van der Waals surface area contributed by atoms with Crippen LogP contribution in [0.5, 0.6) is 5.75 Å². The van der Waals surface area contributed by atoms with Gasteiger partial charge in [-0.05, 0) is 52.3 Å². The summed E-state index contributed by atoms with van der Waals surface area (Å²) in [5.74, 6) is -0.802. The minimum Gasteiger partial charge on any atom is -0.508 e. The molecule has 94 valence electrons. The number of phenolic OH excluding ortho intramolecular Hbond substituents is 1. The van der Waals surface area contributed by atoms with Crippen LogP contribution in [0.2, 0.25) is 0 Å². The highest BCUT2D eigenvalue weighted by Gasteiger charge is 2.05. The lowest BCUT2D eigenvalue weighted by atomic mass is 10.2. The van der Waals surface area contributed by atoms with E-state index in [1.165, 1.54) is 30.3 Å². The van der Waals surface area contributed by atoms with E-state index in [0.717, 1.165) is 0 Å². The standard InChI is InChI=1S/C13H10BrF2NO/c14-11-3-1-10(16)6-12(11)17-7-8-5-9(15)2-4-13(8)18/h1-6,17-18H,7H2. The minimum absolute atomic E-state index is 0.00331. The van der Waals surface area contributed by atoms with Crippen molar-refractivity contribution in [2.24, 2.45) is 0 Å². The number of hydrogen-bond acceptors (Lipinski definition) is 2. The third-order valence-corrected chi connectivity index (χ3v) is 3.13. The van der Waals surface area contributed by atoms with E-state index in [4.69, 9.17) is 0 Å². The monoisotopic (exact) mass is 313 g/mol. The minimum atomic E-state index is -0.428. The fourth-order valence-corrected chi connectivity index (χ4v) is 1.91. The first-order valence-electron chi connectivity index (χ1n) is 5.22. The van der Waals surface area contributed by atoms with Crippen LogP contribution in [0.4, 0.5) is 14.5 Å². The number of aromatic hydroxyl groups is 1. The average molecular weight is 314 g/mol. The Morgan fingerprint density at radius 3 is 2.50 bits per heavy atom. The van der Waals surface area contributed by atoms with Crippen molar-refractivity contribution in [3.05, 3.63) is 58.1 Å². The van der Waals surface area contributed by atoms with Crippen molar-refractivity contribution < 1.29 is 13.9 Å². The lowest BCUT2D eigenvalue weighted by Crippen LogP contribution is -2.01. The Bertz CT molecular complexity index is 523. The summed E-state index contributed by atoms with van der Waals surface area (Å²) in [6, 6.07) is 7.91. The van der Waals surface area contributed by atoms with Crippen molar-refractivity contribution in [2.45, 2.75) is 6.54 Å². The van der Waals surface area contributed by atoms with E-state index in [1.54, 1.807) is 6.07 Å². The fraction of sp³-hybridized carbons (Fsp3) is 0.0769. The molecule has 0 spiro atoms. The zero-order valence-electron chi connectivity index (χ0n) is 9.25. The van der Waals surface area contributed by atoms with Crippen LogP contribution in [0.15, 0.2) is 40.9 Å². The Balaban J connectivity index is 2.16. The summed E-state index contributed by atoms with van der Waals surface area (Å²) in [4.78, 5) is 0. The highest BCUT2D eigenvalue weighted by molar-refractivity contribution is 9.10. The van der Waals surface area contributed by atoms with Gasteiger partial charge in [0.25, 0.3) is 0 Å². The molecule has 0 radical (unpaired) electrons. The average Bonchev–Trinajstić information content (AvgIpc) is 2.34. The molecule has 2 nitrogen and oxygen atoms in total. The van der Waals surface area contributed by atoms with Gasteiger partial charge in [0, 0.05) is 16.6 Å². The van der Waals surface area contributed by atoms with Crippen molar-refractivity contribution >= 4 is 21.6 Å². The molecule has 0 saturated carbocycles. The fourth-order valence-electron chi connectivity index (χ4n) is 1.52. The van der Waals surface area contributed by atoms with Crippen molar-refractivity contribution in [3.63, 3.8) is 0 Å². The zero-order valence-corrected chi connectivity index (χ0v) is 10.8. The molecule has 18 heavy (non-hydrogen) atoms. The molecule has 0 aliphatic rings. The second-order valence-corrected chi connectivity index (χ2v) is 4.61. The van der Waals surface area contributed by atoms with Gasteiger partial charge in [0.2, 0.25) is 0 Å². The molecule has 5 heteroatoms. The molecular weight excluding hydrogens is 304 g/mol. The van der Waals surface area contributed by atoms with Gasteiger partial charge < -0.3 is 10.4 Å². The summed E-state index contributed by atoms with van der Waals surface area (Å²) in [6.07, 6.45) is 0. The molecule has 0 aliphatic heterocycles. The molecule has 2 aromatic carbocycles. The number of anilines is 1. The maximum atomic E-state index is 13.0.